The van der Waals surface area contributed by atoms with Gasteiger partial charge < -0.3 is 5.32 Å². The molecule has 0 saturated heterocycles. The molecule has 28 heavy (non-hydrogen) atoms. The van der Waals surface area contributed by atoms with Crippen LogP contribution in [0.3, 0.4) is 0 Å². The Hall–Kier alpha value is -2.38. The fourth-order valence-corrected chi connectivity index (χ4v) is 5.02. The summed E-state index contributed by atoms with van der Waals surface area (Å²) >= 11 is 3.03. The molecule has 1 N–H and O–H groups in total. The van der Waals surface area contributed by atoms with Gasteiger partial charge in [0.15, 0.2) is 5.16 Å². The molecule has 2 aromatic heterocycles. The van der Waals surface area contributed by atoms with E-state index in [0.29, 0.717) is 5.92 Å². The first kappa shape index (κ1) is 19.0. The van der Waals surface area contributed by atoms with Crippen LogP contribution in [0.25, 0.3) is 15.2 Å². The average molecular weight is 411 g/mol. The van der Waals surface area contributed by atoms with Gasteiger partial charge >= 0.3 is 0 Å². The van der Waals surface area contributed by atoms with Crippen LogP contribution in [0.2, 0.25) is 0 Å². The second-order valence-corrected chi connectivity index (χ2v) is 9.13. The molecule has 1 amide bonds. The van der Waals surface area contributed by atoms with Gasteiger partial charge in [-0.25, -0.2) is 0 Å². The summed E-state index contributed by atoms with van der Waals surface area (Å²) < 4.78 is 3.19. The number of hydrogen-bond acceptors (Lipinski definition) is 5. The van der Waals surface area contributed by atoms with Gasteiger partial charge in [0.25, 0.3) is 0 Å². The number of thiazole rings is 1. The predicted octanol–water partition coefficient (Wildman–Crippen LogP) is 5.58. The number of fused-ring (bicyclic) bond motifs is 3. The molecule has 4 rings (SSSR count). The lowest BCUT2D eigenvalue weighted by Crippen LogP contribution is -2.23. The fourth-order valence-electron chi connectivity index (χ4n) is 3.14. The molecule has 0 fully saturated rings. The summed E-state index contributed by atoms with van der Waals surface area (Å²) in [5.74, 6) is 0.366. The highest BCUT2D eigenvalue weighted by atomic mass is 32.2. The molecule has 0 aliphatic heterocycles. The van der Waals surface area contributed by atoms with Crippen molar-refractivity contribution >= 4 is 49.9 Å². The highest BCUT2D eigenvalue weighted by molar-refractivity contribution is 8.00. The zero-order chi connectivity index (χ0) is 19.7. The maximum Gasteiger partial charge on any atom is 0.237 e. The Morgan fingerprint density at radius 3 is 2.71 bits per heavy atom. The molecule has 0 radical (unpaired) electrons. The van der Waals surface area contributed by atoms with Gasteiger partial charge in [0.2, 0.25) is 10.9 Å². The van der Waals surface area contributed by atoms with Gasteiger partial charge in [-0.3, -0.25) is 9.20 Å². The van der Waals surface area contributed by atoms with E-state index in [1.165, 1.54) is 17.3 Å². The predicted molar refractivity (Wildman–Crippen MR) is 117 cm³/mol. The SMILES string of the molecule is CCC(C)c1ccccc1NC(=O)C(C)Sc1nnc2sc3ccccc3n12. The molecule has 5 nitrogen and oxygen atoms in total. The maximum atomic E-state index is 12.9. The third-order valence-corrected chi connectivity index (χ3v) is 6.98. The molecule has 0 saturated carbocycles. The topological polar surface area (TPSA) is 59.3 Å². The number of nitrogens with one attached hydrogen (secondary N) is 1. The first-order valence-electron chi connectivity index (χ1n) is 9.37. The van der Waals surface area contributed by atoms with Crippen LogP contribution in [0.4, 0.5) is 5.69 Å². The number of hydrogen-bond donors (Lipinski definition) is 1. The molecule has 144 valence electrons. The van der Waals surface area contributed by atoms with E-state index >= 15 is 0 Å². The van der Waals surface area contributed by atoms with Gasteiger partial charge in [0, 0.05) is 5.69 Å². The number of benzene rings is 2. The highest BCUT2D eigenvalue weighted by Crippen LogP contribution is 2.32. The van der Waals surface area contributed by atoms with Crippen LogP contribution in [0, 0.1) is 0 Å². The lowest BCUT2D eigenvalue weighted by molar-refractivity contribution is -0.115. The van der Waals surface area contributed by atoms with E-state index in [-0.39, 0.29) is 11.2 Å². The standard InChI is InChI=1S/C21H22N4OS2/c1-4-13(2)15-9-5-6-10-16(15)22-19(26)14(3)27-20-23-24-21-25(20)17-11-7-8-12-18(17)28-21/h5-14H,4H2,1-3H3,(H,22,26). The van der Waals surface area contributed by atoms with Gasteiger partial charge in [-0.15, -0.1) is 10.2 Å². The van der Waals surface area contributed by atoms with E-state index in [1.54, 1.807) is 11.3 Å². The number of amides is 1. The van der Waals surface area contributed by atoms with E-state index in [9.17, 15) is 4.79 Å². The Morgan fingerprint density at radius 1 is 1.14 bits per heavy atom. The average Bonchev–Trinajstić information content (AvgIpc) is 3.27. The van der Waals surface area contributed by atoms with Gasteiger partial charge in [-0.2, -0.15) is 0 Å². The van der Waals surface area contributed by atoms with Crippen LogP contribution < -0.4 is 5.32 Å². The molecule has 2 heterocycles. The summed E-state index contributed by atoms with van der Waals surface area (Å²) in [6.45, 7) is 6.24. The van der Waals surface area contributed by atoms with Crippen molar-refractivity contribution in [2.75, 3.05) is 5.32 Å². The summed E-state index contributed by atoms with van der Waals surface area (Å²) in [6, 6.07) is 16.2. The van der Waals surface area contributed by atoms with Crippen LogP contribution >= 0.6 is 23.1 Å². The van der Waals surface area contributed by atoms with Gasteiger partial charge in [0.05, 0.1) is 15.5 Å². The Kier molecular flexibility index (Phi) is 5.37. The van der Waals surface area contributed by atoms with E-state index < -0.39 is 0 Å². The van der Waals surface area contributed by atoms with Crippen molar-refractivity contribution in [1.82, 2.24) is 14.6 Å². The van der Waals surface area contributed by atoms with Crippen LogP contribution in [-0.4, -0.2) is 25.8 Å². The van der Waals surface area contributed by atoms with Crippen molar-refractivity contribution in [3.05, 3.63) is 54.1 Å². The van der Waals surface area contributed by atoms with E-state index in [4.69, 9.17) is 0 Å². The van der Waals surface area contributed by atoms with Gasteiger partial charge in [-0.05, 0) is 43.0 Å². The number of carbonyl (C=O) groups excluding carboxylic acids is 1. The smallest absolute Gasteiger partial charge is 0.237 e. The van der Waals surface area contributed by atoms with Crippen molar-refractivity contribution in [3.8, 4) is 0 Å². The molecular formula is C21H22N4OS2. The Balaban J connectivity index is 1.55. The lowest BCUT2D eigenvalue weighted by Gasteiger charge is -2.17. The minimum Gasteiger partial charge on any atom is -0.325 e. The van der Waals surface area contributed by atoms with Crippen LogP contribution in [0.15, 0.2) is 53.7 Å². The number of rotatable bonds is 6. The quantitative estimate of drug-likeness (QED) is 0.422. The molecule has 2 unspecified atom stereocenters. The first-order chi connectivity index (χ1) is 13.6. The number of anilines is 1. The molecule has 0 aliphatic rings. The molecule has 0 spiro atoms. The van der Waals surface area contributed by atoms with Crippen molar-refractivity contribution in [1.29, 1.82) is 0 Å². The molecular weight excluding hydrogens is 388 g/mol. The zero-order valence-corrected chi connectivity index (χ0v) is 17.7. The zero-order valence-electron chi connectivity index (χ0n) is 16.0. The summed E-state index contributed by atoms with van der Waals surface area (Å²) in [6.07, 6.45) is 1.03. The van der Waals surface area contributed by atoms with Crippen LogP contribution in [0.1, 0.15) is 38.7 Å². The van der Waals surface area contributed by atoms with Gasteiger partial charge in [0.1, 0.15) is 0 Å². The second kappa shape index (κ2) is 7.93. The second-order valence-electron chi connectivity index (χ2n) is 6.82. The Labute approximate surface area is 172 Å². The van der Waals surface area contributed by atoms with E-state index in [1.807, 2.05) is 41.7 Å². The summed E-state index contributed by atoms with van der Waals surface area (Å²) in [7, 11) is 0. The van der Waals surface area contributed by atoms with Crippen molar-refractivity contribution in [2.45, 2.75) is 43.5 Å². The normalized spacial score (nSPS) is 13.7. The van der Waals surface area contributed by atoms with E-state index in [2.05, 4.69) is 47.6 Å². The third kappa shape index (κ3) is 3.52. The molecule has 4 aromatic rings. The maximum absolute atomic E-state index is 12.9. The van der Waals surface area contributed by atoms with Crippen LogP contribution in [0.5, 0.6) is 0 Å². The van der Waals surface area contributed by atoms with Gasteiger partial charge in [-0.1, -0.05) is 67.3 Å². The Morgan fingerprint density at radius 2 is 1.89 bits per heavy atom. The molecule has 2 atom stereocenters. The summed E-state index contributed by atoms with van der Waals surface area (Å²) in [5.41, 5.74) is 3.13. The molecule has 7 heteroatoms. The summed E-state index contributed by atoms with van der Waals surface area (Å²) in [5, 5.41) is 12.1. The monoisotopic (exact) mass is 410 g/mol. The number of nitrogens with zero attached hydrogens (tertiary/aromatic N) is 3. The lowest BCUT2D eigenvalue weighted by atomic mass is 9.97. The fraction of sp³-hybridized carbons (Fsp3) is 0.286. The number of carbonyl (C=O) groups is 1. The number of para-hydroxylation sites is 2. The molecule has 2 aromatic carbocycles. The van der Waals surface area contributed by atoms with Crippen molar-refractivity contribution in [3.63, 3.8) is 0 Å². The number of thioether (sulfide) groups is 1. The molecule has 0 aliphatic carbocycles. The third-order valence-electron chi connectivity index (χ3n) is 4.92. The van der Waals surface area contributed by atoms with Crippen molar-refractivity contribution in [2.24, 2.45) is 0 Å². The summed E-state index contributed by atoms with van der Waals surface area (Å²) in [4.78, 5) is 13.7. The van der Waals surface area contributed by atoms with E-state index in [0.717, 1.165) is 32.4 Å². The first-order valence-corrected chi connectivity index (χ1v) is 11.1. The Bertz CT molecular complexity index is 1130. The molecule has 0 bridgehead atoms. The van der Waals surface area contributed by atoms with Crippen LogP contribution in [-0.2, 0) is 4.79 Å². The minimum atomic E-state index is -0.295. The highest BCUT2D eigenvalue weighted by Gasteiger charge is 2.21. The van der Waals surface area contributed by atoms with Crippen molar-refractivity contribution < 1.29 is 4.79 Å². The minimum absolute atomic E-state index is 0.0305. The largest absolute Gasteiger partial charge is 0.325 e. The number of aromatic nitrogens is 3.